The number of imidazole rings is 1. The summed E-state index contributed by atoms with van der Waals surface area (Å²) in [6.45, 7) is 6.23. The first kappa shape index (κ1) is 14.5. The molecule has 1 atom stereocenters. The molecule has 20 heavy (non-hydrogen) atoms. The van der Waals surface area contributed by atoms with Crippen molar-refractivity contribution in [2.75, 3.05) is 0 Å². The van der Waals surface area contributed by atoms with E-state index in [1.165, 1.54) is 0 Å². The minimum atomic E-state index is -0.530. The van der Waals surface area contributed by atoms with Crippen LogP contribution in [0, 0.1) is 5.41 Å². The maximum absolute atomic E-state index is 12.0. The zero-order valence-corrected chi connectivity index (χ0v) is 12.5. The molecular formula is C15H22N4O. The Morgan fingerprint density at radius 3 is 2.65 bits per heavy atom. The van der Waals surface area contributed by atoms with E-state index in [0.717, 1.165) is 16.9 Å². The quantitative estimate of drug-likeness (QED) is 0.892. The molecule has 108 valence electrons. The van der Waals surface area contributed by atoms with Gasteiger partial charge in [-0.15, -0.1) is 0 Å². The smallest absolute Gasteiger partial charge is 0.237 e. The number of aryl methyl sites for hydroxylation is 1. The van der Waals surface area contributed by atoms with Crippen molar-refractivity contribution in [2.45, 2.75) is 33.4 Å². The number of nitrogens with one attached hydrogen (secondary N) is 1. The highest BCUT2D eigenvalue weighted by Crippen LogP contribution is 2.18. The average molecular weight is 274 g/mol. The third kappa shape index (κ3) is 2.82. The van der Waals surface area contributed by atoms with Gasteiger partial charge in [-0.25, -0.2) is 4.98 Å². The van der Waals surface area contributed by atoms with Crippen LogP contribution in [0.3, 0.4) is 0 Å². The summed E-state index contributed by atoms with van der Waals surface area (Å²) in [6, 6.07) is 7.36. The minimum absolute atomic E-state index is 0.149. The molecule has 0 spiro atoms. The Morgan fingerprint density at radius 1 is 1.40 bits per heavy atom. The highest BCUT2D eigenvalue weighted by atomic mass is 16.2. The van der Waals surface area contributed by atoms with Crippen molar-refractivity contribution in [3.05, 3.63) is 30.1 Å². The van der Waals surface area contributed by atoms with Gasteiger partial charge in [0.25, 0.3) is 0 Å². The number of nitrogens with two attached hydrogens (primary N) is 1. The lowest BCUT2D eigenvalue weighted by Gasteiger charge is -2.25. The summed E-state index contributed by atoms with van der Waals surface area (Å²) in [5.74, 6) is 0.671. The van der Waals surface area contributed by atoms with E-state index in [1.54, 1.807) is 0 Å². The molecule has 0 unspecified atom stereocenters. The normalized spacial score (nSPS) is 13.4. The van der Waals surface area contributed by atoms with Crippen LogP contribution in [0.1, 0.15) is 26.6 Å². The third-order valence-corrected chi connectivity index (χ3v) is 3.52. The van der Waals surface area contributed by atoms with Crippen LogP contribution in [0.4, 0.5) is 0 Å². The fourth-order valence-corrected chi connectivity index (χ4v) is 2.02. The van der Waals surface area contributed by atoms with Crippen molar-refractivity contribution >= 4 is 16.9 Å². The van der Waals surface area contributed by atoms with Gasteiger partial charge in [-0.05, 0) is 17.5 Å². The Kier molecular flexibility index (Phi) is 3.81. The lowest BCUT2D eigenvalue weighted by molar-refractivity contribution is -0.124. The second-order valence-electron chi connectivity index (χ2n) is 6.14. The number of amides is 1. The molecule has 0 aliphatic carbocycles. The van der Waals surface area contributed by atoms with Crippen LogP contribution < -0.4 is 11.1 Å². The molecule has 1 heterocycles. The Balaban J connectivity index is 2.10. The molecule has 0 saturated carbocycles. The van der Waals surface area contributed by atoms with Crippen molar-refractivity contribution in [3.8, 4) is 0 Å². The zero-order chi connectivity index (χ0) is 14.9. The summed E-state index contributed by atoms with van der Waals surface area (Å²) in [4.78, 5) is 16.5. The van der Waals surface area contributed by atoms with E-state index >= 15 is 0 Å². The first-order valence-corrected chi connectivity index (χ1v) is 6.74. The van der Waals surface area contributed by atoms with Crippen LogP contribution in [0.5, 0.6) is 0 Å². The fraction of sp³-hybridized carbons (Fsp3) is 0.467. The van der Waals surface area contributed by atoms with E-state index in [9.17, 15) is 4.79 Å². The summed E-state index contributed by atoms with van der Waals surface area (Å²) < 4.78 is 1.98. The molecule has 2 rings (SSSR count). The molecule has 0 radical (unpaired) electrons. The van der Waals surface area contributed by atoms with Gasteiger partial charge in [0.1, 0.15) is 5.82 Å². The molecule has 3 N–H and O–H groups in total. The Labute approximate surface area is 119 Å². The Morgan fingerprint density at radius 2 is 2.05 bits per heavy atom. The van der Waals surface area contributed by atoms with E-state index in [-0.39, 0.29) is 11.3 Å². The number of para-hydroxylation sites is 2. The molecule has 2 aromatic rings. The summed E-state index contributed by atoms with van der Waals surface area (Å²) in [6.07, 6.45) is 0. The number of benzene rings is 1. The average Bonchev–Trinajstić information content (AvgIpc) is 2.71. The molecular weight excluding hydrogens is 252 g/mol. The first-order valence-electron chi connectivity index (χ1n) is 6.74. The summed E-state index contributed by atoms with van der Waals surface area (Å²) in [7, 11) is 1.94. The minimum Gasteiger partial charge on any atom is -0.348 e. The highest BCUT2D eigenvalue weighted by molar-refractivity contribution is 5.82. The van der Waals surface area contributed by atoms with Gasteiger partial charge in [-0.2, -0.15) is 0 Å². The van der Waals surface area contributed by atoms with Gasteiger partial charge in [0.2, 0.25) is 5.91 Å². The van der Waals surface area contributed by atoms with Crippen molar-refractivity contribution in [1.29, 1.82) is 0 Å². The largest absolute Gasteiger partial charge is 0.348 e. The van der Waals surface area contributed by atoms with Crippen LogP contribution in [0.25, 0.3) is 11.0 Å². The Hall–Kier alpha value is -1.88. The monoisotopic (exact) mass is 274 g/mol. The second-order valence-corrected chi connectivity index (χ2v) is 6.14. The lowest BCUT2D eigenvalue weighted by atomic mass is 9.87. The number of rotatable bonds is 3. The van der Waals surface area contributed by atoms with Gasteiger partial charge < -0.3 is 15.6 Å². The van der Waals surface area contributed by atoms with Crippen LogP contribution in [-0.2, 0) is 18.4 Å². The molecule has 5 nitrogen and oxygen atoms in total. The lowest BCUT2D eigenvalue weighted by Crippen LogP contribution is -2.48. The van der Waals surface area contributed by atoms with Crippen LogP contribution in [0.15, 0.2) is 24.3 Å². The van der Waals surface area contributed by atoms with Crippen molar-refractivity contribution in [3.63, 3.8) is 0 Å². The van der Waals surface area contributed by atoms with Crippen LogP contribution >= 0.6 is 0 Å². The predicted octanol–water partition coefficient (Wildman–Crippen LogP) is 1.56. The van der Waals surface area contributed by atoms with Gasteiger partial charge in [-0.3, -0.25) is 4.79 Å². The SMILES string of the molecule is Cn1c(CNC(=O)[C@@H](N)C(C)(C)C)nc2ccccc21. The molecule has 0 aliphatic heterocycles. The van der Waals surface area contributed by atoms with E-state index in [0.29, 0.717) is 6.54 Å². The number of carbonyl (C=O) groups excluding carboxylic acids is 1. The highest BCUT2D eigenvalue weighted by Gasteiger charge is 2.27. The molecule has 0 saturated heterocycles. The van der Waals surface area contributed by atoms with E-state index in [1.807, 2.05) is 56.7 Å². The topological polar surface area (TPSA) is 72.9 Å². The van der Waals surface area contributed by atoms with Crippen molar-refractivity contribution < 1.29 is 4.79 Å². The number of hydrogen-bond acceptors (Lipinski definition) is 3. The number of nitrogens with zero attached hydrogens (tertiary/aromatic N) is 2. The number of hydrogen-bond donors (Lipinski definition) is 2. The van der Waals surface area contributed by atoms with Gasteiger partial charge in [0, 0.05) is 7.05 Å². The molecule has 1 amide bonds. The maximum atomic E-state index is 12.0. The van der Waals surface area contributed by atoms with Crippen molar-refractivity contribution in [1.82, 2.24) is 14.9 Å². The van der Waals surface area contributed by atoms with Gasteiger partial charge in [-0.1, -0.05) is 32.9 Å². The van der Waals surface area contributed by atoms with E-state index in [2.05, 4.69) is 10.3 Å². The summed E-state index contributed by atoms with van der Waals surface area (Å²) in [5.41, 5.74) is 7.66. The molecule has 0 bridgehead atoms. The van der Waals surface area contributed by atoms with Gasteiger partial charge in [0.15, 0.2) is 0 Å². The van der Waals surface area contributed by atoms with Gasteiger partial charge >= 0.3 is 0 Å². The fourth-order valence-electron chi connectivity index (χ4n) is 2.02. The maximum Gasteiger partial charge on any atom is 0.237 e. The number of carbonyl (C=O) groups is 1. The predicted molar refractivity (Wildman–Crippen MR) is 80.0 cm³/mol. The zero-order valence-electron chi connectivity index (χ0n) is 12.5. The van der Waals surface area contributed by atoms with Crippen molar-refractivity contribution in [2.24, 2.45) is 18.2 Å². The second kappa shape index (κ2) is 5.25. The van der Waals surface area contributed by atoms with Gasteiger partial charge in [0.05, 0.1) is 23.6 Å². The molecule has 0 fully saturated rings. The summed E-state index contributed by atoms with van der Waals surface area (Å²) >= 11 is 0. The van der Waals surface area contributed by atoms with E-state index < -0.39 is 6.04 Å². The molecule has 0 aliphatic rings. The molecule has 1 aromatic carbocycles. The summed E-state index contributed by atoms with van der Waals surface area (Å²) in [5, 5.41) is 2.86. The van der Waals surface area contributed by atoms with Crippen LogP contribution in [-0.4, -0.2) is 21.5 Å². The number of aromatic nitrogens is 2. The van der Waals surface area contributed by atoms with Crippen LogP contribution in [0.2, 0.25) is 0 Å². The standard InChI is InChI=1S/C15H22N4O/c1-15(2,3)13(16)14(20)17-9-12-18-10-7-5-6-8-11(10)19(12)4/h5-8,13H,9,16H2,1-4H3,(H,17,20)/t13-/m1/s1. The molecule has 5 heteroatoms. The Bertz CT molecular complexity index is 624. The molecule has 1 aromatic heterocycles. The third-order valence-electron chi connectivity index (χ3n) is 3.52. The first-order chi connectivity index (χ1) is 9.30. The van der Waals surface area contributed by atoms with E-state index in [4.69, 9.17) is 5.73 Å². The number of fused-ring (bicyclic) bond motifs is 1.